The summed E-state index contributed by atoms with van der Waals surface area (Å²) >= 11 is 4.79. The largest absolute Gasteiger partial charge is 0.415 e. The summed E-state index contributed by atoms with van der Waals surface area (Å²) in [5, 5.41) is 2.23. The van der Waals surface area contributed by atoms with Gasteiger partial charge in [-0.15, -0.1) is 0 Å². The first-order chi connectivity index (χ1) is 8.87. The van der Waals surface area contributed by atoms with Crippen molar-refractivity contribution >= 4 is 17.2 Å². The lowest BCUT2D eigenvalue weighted by molar-refractivity contribution is -0.200. The van der Waals surface area contributed by atoms with E-state index in [1.54, 1.807) is 0 Å². The third kappa shape index (κ3) is 2.57. The van der Waals surface area contributed by atoms with Gasteiger partial charge in [-0.25, -0.2) is 4.39 Å². The zero-order valence-electron chi connectivity index (χ0n) is 9.76. The van der Waals surface area contributed by atoms with E-state index in [0.717, 1.165) is 12.1 Å². The van der Waals surface area contributed by atoms with E-state index < -0.39 is 29.5 Å². The van der Waals surface area contributed by atoms with Crippen LogP contribution in [0, 0.1) is 5.82 Å². The number of hydrogen-bond donors (Lipinski definition) is 1. The summed E-state index contributed by atoms with van der Waals surface area (Å²) in [6.07, 6.45) is -5.12. The van der Waals surface area contributed by atoms with Gasteiger partial charge in [0.25, 0.3) is 0 Å². The van der Waals surface area contributed by atoms with Crippen LogP contribution in [0.5, 0.6) is 0 Å². The Morgan fingerprint density at radius 2 is 1.95 bits per heavy atom. The predicted octanol–water partition coefficient (Wildman–Crippen LogP) is 2.92. The molecule has 1 aliphatic heterocycles. The SMILES string of the molecule is Fc1ccccc1C1(C(F)(F)F)CCOCC(=S)N1. The van der Waals surface area contributed by atoms with Crippen LogP contribution < -0.4 is 5.32 Å². The summed E-state index contributed by atoms with van der Waals surface area (Å²) < 4.78 is 59.2. The Balaban J connectivity index is 2.58. The van der Waals surface area contributed by atoms with Gasteiger partial charge in [-0.2, -0.15) is 13.2 Å². The average molecular weight is 293 g/mol. The van der Waals surface area contributed by atoms with E-state index in [0.29, 0.717) is 0 Å². The molecular formula is C12H11F4NOS. The molecule has 2 nitrogen and oxygen atoms in total. The molecule has 1 fully saturated rings. The van der Waals surface area contributed by atoms with Crippen molar-refractivity contribution in [2.24, 2.45) is 0 Å². The van der Waals surface area contributed by atoms with E-state index in [9.17, 15) is 17.6 Å². The summed E-state index contributed by atoms with van der Waals surface area (Å²) in [6, 6.07) is 4.82. The Labute approximate surface area is 112 Å². The summed E-state index contributed by atoms with van der Waals surface area (Å²) in [4.78, 5) is -0.0851. The minimum absolute atomic E-state index is 0.0851. The van der Waals surface area contributed by atoms with Gasteiger partial charge in [-0.3, -0.25) is 0 Å². The third-order valence-corrected chi connectivity index (χ3v) is 3.24. The lowest BCUT2D eigenvalue weighted by atomic mass is 9.85. The predicted molar refractivity (Wildman–Crippen MR) is 65.3 cm³/mol. The van der Waals surface area contributed by atoms with Crippen LogP contribution in [0.3, 0.4) is 0 Å². The molecule has 1 aromatic carbocycles. The molecule has 1 N–H and O–H groups in total. The first-order valence-electron chi connectivity index (χ1n) is 5.57. The molecule has 19 heavy (non-hydrogen) atoms. The summed E-state index contributed by atoms with van der Waals surface area (Å²) in [7, 11) is 0. The molecule has 1 aliphatic rings. The second-order valence-corrected chi connectivity index (χ2v) is 4.73. The highest BCUT2D eigenvalue weighted by Crippen LogP contribution is 2.43. The minimum atomic E-state index is -4.69. The molecule has 1 atom stereocenters. The third-order valence-electron chi connectivity index (χ3n) is 3.02. The Bertz CT molecular complexity index is 491. The van der Waals surface area contributed by atoms with Crippen LogP contribution in [0.1, 0.15) is 12.0 Å². The first kappa shape index (κ1) is 14.2. The molecule has 104 valence electrons. The number of halogens is 4. The van der Waals surface area contributed by atoms with Gasteiger partial charge >= 0.3 is 6.18 Å². The van der Waals surface area contributed by atoms with Crippen LogP contribution in [0.2, 0.25) is 0 Å². The molecule has 0 amide bonds. The van der Waals surface area contributed by atoms with Gasteiger partial charge in [0.1, 0.15) is 10.8 Å². The highest BCUT2D eigenvalue weighted by Gasteiger charge is 2.57. The van der Waals surface area contributed by atoms with E-state index in [4.69, 9.17) is 17.0 Å². The summed E-state index contributed by atoms with van der Waals surface area (Å²) in [6.45, 7) is -0.247. The lowest BCUT2D eigenvalue weighted by Crippen LogP contribution is -2.56. The van der Waals surface area contributed by atoms with Crippen LogP contribution in [0.4, 0.5) is 17.6 Å². The fraction of sp³-hybridized carbons (Fsp3) is 0.417. The van der Waals surface area contributed by atoms with Crippen LogP contribution in [0.15, 0.2) is 24.3 Å². The minimum Gasteiger partial charge on any atom is -0.374 e. The van der Waals surface area contributed by atoms with Gasteiger partial charge in [-0.05, 0) is 6.07 Å². The number of nitrogens with one attached hydrogen (secondary N) is 1. The Hall–Kier alpha value is -1.21. The first-order valence-corrected chi connectivity index (χ1v) is 5.98. The van der Waals surface area contributed by atoms with Gasteiger partial charge in [0.2, 0.25) is 0 Å². The van der Waals surface area contributed by atoms with E-state index in [1.807, 2.05) is 0 Å². The van der Waals surface area contributed by atoms with E-state index in [-0.39, 0.29) is 18.2 Å². The fourth-order valence-electron chi connectivity index (χ4n) is 2.10. The normalized spacial score (nSPS) is 24.7. The van der Waals surface area contributed by atoms with Gasteiger partial charge in [-0.1, -0.05) is 30.4 Å². The number of benzene rings is 1. The zero-order valence-corrected chi connectivity index (χ0v) is 10.6. The Morgan fingerprint density at radius 3 is 2.58 bits per heavy atom. The van der Waals surface area contributed by atoms with Crippen molar-refractivity contribution in [3.05, 3.63) is 35.6 Å². The smallest absolute Gasteiger partial charge is 0.374 e. The van der Waals surface area contributed by atoms with Crippen molar-refractivity contribution in [3.8, 4) is 0 Å². The Morgan fingerprint density at radius 1 is 1.26 bits per heavy atom. The van der Waals surface area contributed by atoms with Crippen LogP contribution >= 0.6 is 12.2 Å². The number of thiocarbonyl (C=S) groups is 1. The molecule has 1 unspecified atom stereocenters. The zero-order chi connectivity index (χ0) is 14.1. The summed E-state index contributed by atoms with van der Waals surface area (Å²) in [5.74, 6) is -0.919. The van der Waals surface area contributed by atoms with Crippen molar-refractivity contribution in [2.75, 3.05) is 13.2 Å². The molecular weight excluding hydrogens is 282 g/mol. The maximum Gasteiger partial charge on any atom is 0.415 e. The van der Waals surface area contributed by atoms with Gasteiger partial charge < -0.3 is 10.1 Å². The molecule has 1 saturated heterocycles. The second kappa shape index (κ2) is 5.05. The maximum atomic E-state index is 13.8. The van der Waals surface area contributed by atoms with Crippen molar-refractivity contribution < 1.29 is 22.3 Å². The van der Waals surface area contributed by atoms with Crippen LogP contribution in [-0.2, 0) is 10.3 Å². The van der Waals surface area contributed by atoms with Gasteiger partial charge in [0, 0.05) is 12.0 Å². The molecule has 0 bridgehead atoms. The molecule has 2 rings (SSSR count). The summed E-state index contributed by atoms with van der Waals surface area (Å²) in [5.41, 5.74) is -3.00. The molecule has 0 aromatic heterocycles. The van der Waals surface area contributed by atoms with E-state index >= 15 is 0 Å². The van der Waals surface area contributed by atoms with Crippen molar-refractivity contribution in [2.45, 2.75) is 18.1 Å². The Kier molecular flexibility index (Phi) is 3.78. The fourth-order valence-corrected chi connectivity index (χ4v) is 2.36. The van der Waals surface area contributed by atoms with E-state index in [2.05, 4.69) is 5.32 Å². The molecule has 0 radical (unpaired) electrons. The molecule has 0 spiro atoms. The molecule has 7 heteroatoms. The molecule has 1 heterocycles. The standard InChI is InChI=1S/C12H11F4NOS/c13-9-4-2-1-3-8(9)11(12(14,15)16)5-6-18-7-10(19)17-11/h1-4H,5-7H2,(H,17,19). The number of rotatable bonds is 1. The molecule has 0 aliphatic carbocycles. The quantitative estimate of drug-likeness (QED) is 0.635. The molecule has 0 saturated carbocycles. The van der Waals surface area contributed by atoms with Crippen molar-refractivity contribution in [1.82, 2.24) is 5.32 Å². The van der Waals surface area contributed by atoms with Gasteiger partial charge in [0.05, 0.1) is 13.2 Å². The highest BCUT2D eigenvalue weighted by atomic mass is 32.1. The molecule has 1 aromatic rings. The number of ether oxygens (including phenoxy) is 1. The topological polar surface area (TPSA) is 21.3 Å². The lowest BCUT2D eigenvalue weighted by Gasteiger charge is -2.36. The van der Waals surface area contributed by atoms with Gasteiger partial charge in [0.15, 0.2) is 5.54 Å². The average Bonchev–Trinajstić information content (AvgIpc) is 2.51. The van der Waals surface area contributed by atoms with Crippen LogP contribution in [0.25, 0.3) is 0 Å². The number of alkyl halides is 3. The monoisotopic (exact) mass is 293 g/mol. The number of hydrogen-bond acceptors (Lipinski definition) is 2. The second-order valence-electron chi connectivity index (χ2n) is 4.23. The van der Waals surface area contributed by atoms with Crippen molar-refractivity contribution in [3.63, 3.8) is 0 Å². The van der Waals surface area contributed by atoms with E-state index in [1.165, 1.54) is 12.1 Å². The van der Waals surface area contributed by atoms with Crippen LogP contribution in [-0.4, -0.2) is 24.4 Å². The van der Waals surface area contributed by atoms with Crippen molar-refractivity contribution in [1.29, 1.82) is 0 Å². The maximum absolute atomic E-state index is 13.8. The highest BCUT2D eigenvalue weighted by molar-refractivity contribution is 7.80.